The molecule has 0 bridgehead atoms. The summed E-state index contributed by atoms with van der Waals surface area (Å²) in [6, 6.07) is 5.77. The molecule has 0 aliphatic heterocycles. The van der Waals surface area contributed by atoms with Gasteiger partial charge in [0.2, 0.25) is 0 Å². The van der Waals surface area contributed by atoms with E-state index in [1.54, 1.807) is 6.92 Å². The standard InChI is InChI=1S/C22H32O6/c1-13(2)22(27)10-9-20(3)12-17(24)21(4,26)11-16(18(20)22)28-19(25)14-5-7-15(23)8-6-14/h5-8,13,16-18,23-24,26-27H,9-12H2,1-4H3/t16-,17-,18+,20-,21-,22+/m0/s1. The normalized spacial score (nSPS) is 40.8. The Morgan fingerprint density at radius 2 is 1.71 bits per heavy atom. The van der Waals surface area contributed by atoms with E-state index in [-0.39, 0.29) is 23.7 Å². The molecule has 6 heteroatoms. The SMILES string of the molecule is CC(C)[C@]1(O)CC[C@@]2(C)C[C@H](O)[C@@](C)(O)C[C@H](OC(=O)c3ccc(O)cc3)[C@H]21. The van der Waals surface area contributed by atoms with Gasteiger partial charge in [0.15, 0.2) is 0 Å². The number of aliphatic hydroxyl groups excluding tert-OH is 1. The predicted molar refractivity (Wildman–Crippen MR) is 104 cm³/mol. The second kappa shape index (κ2) is 7.01. The second-order valence-electron chi connectivity index (χ2n) is 9.55. The number of hydrogen-bond acceptors (Lipinski definition) is 6. The predicted octanol–water partition coefficient (Wildman–Crippen LogP) is 2.63. The largest absolute Gasteiger partial charge is 0.508 e. The zero-order chi connectivity index (χ0) is 20.9. The molecular formula is C22H32O6. The van der Waals surface area contributed by atoms with Gasteiger partial charge in [0.1, 0.15) is 11.9 Å². The van der Waals surface area contributed by atoms with Crippen LogP contribution in [0.1, 0.15) is 63.7 Å². The van der Waals surface area contributed by atoms with Crippen LogP contribution in [-0.4, -0.2) is 49.8 Å². The van der Waals surface area contributed by atoms with Crippen LogP contribution in [0.15, 0.2) is 24.3 Å². The Balaban J connectivity index is 1.99. The summed E-state index contributed by atoms with van der Waals surface area (Å²) in [5, 5.41) is 42.4. The molecule has 3 rings (SSSR count). The Bertz CT molecular complexity index is 727. The van der Waals surface area contributed by atoms with Crippen molar-refractivity contribution < 1.29 is 30.0 Å². The number of benzene rings is 1. The first kappa shape index (κ1) is 21.1. The monoisotopic (exact) mass is 392 g/mol. The van der Waals surface area contributed by atoms with E-state index < -0.39 is 40.7 Å². The molecule has 0 unspecified atom stereocenters. The van der Waals surface area contributed by atoms with Crippen LogP contribution in [0.5, 0.6) is 5.75 Å². The number of ether oxygens (including phenoxy) is 1. The number of aromatic hydroxyl groups is 1. The van der Waals surface area contributed by atoms with E-state index in [9.17, 15) is 25.2 Å². The maximum absolute atomic E-state index is 12.8. The maximum atomic E-state index is 12.8. The van der Waals surface area contributed by atoms with Gasteiger partial charge in [-0.15, -0.1) is 0 Å². The Labute approximate surface area is 166 Å². The van der Waals surface area contributed by atoms with E-state index in [0.29, 0.717) is 19.3 Å². The van der Waals surface area contributed by atoms with Crippen molar-refractivity contribution in [1.82, 2.24) is 0 Å². The topological polar surface area (TPSA) is 107 Å². The van der Waals surface area contributed by atoms with Crippen LogP contribution in [0.4, 0.5) is 0 Å². The van der Waals surface area contributed by atoms with Crippen molar-refractivity contribution in [2.75, 3.05) is 0 Å². The summed E-state index contributed by atoms with van der Waals surface area (Å²) in [4.78, 5) is 12.8. The lowest BCUT2D eigenvalue weighted by molar-refractivity contribution is -0.121. The number of aliphatic hydroxyl groups is 3. The molecule has 2 saturated carbocycles. The molecule has 0 aromatic heterocycles. The number of phenolic OH excluding ortho intramolecular Hbond substituents is 1. The minimum atomic E-state index is -1.43. The average Bonchev–Trinajstić information content (AvgIpc) is 2.82. The number of rotatable bonds is 3. The molecule has 2 aliphatic carbocycles. The van der Waals surface area contributed by atoms with Gasteiger partial charge in [-0.25, -0.2) is 4.79 Å². The summed E-state index contributed by atoms with van der Waals surface area (Å²) in [5.74, 6) is -0.980. The van der Waals surface area contributed by atoms with E-state index in [0.717, 1.165) is 0 Å². The Morgan fingerprint density at radius 1 is 1.11 bits per heavy atom. The fourth-order valence-corrected chi connectivity index (χ4v) is 5.28. The van der Waals surface area contributed by atoms with Crippen LogP contribution in [0.2, 0.25) is 0 Å². The van der Waals surface area contributed by atoms with Gasteiger partial charge in [-0.05, 0) is 61.8 Å². The van der Waals surface area contributed by atoms with Crippen molar-refractivity contribution in [3.8, 4) is 5.75 Å². The van der Waals surface area contributed by atoms with Crippen molar-refractivity contribution >= 4 is 5.97 Å². The second-order valence-corrected chi connectivity index (χ2v) is 9.55. The van der Waals surface area contributed by atoms with Gasteiger partial charge in [-0.1, -0.05) is 20.8 Å². The molecule has 6 atom stereocenters. The molecule has 0 heterocycles. The van der Waals surface area contributed by atoms with Gasteiger partial charge in [0.05, 0.1) is 22.9 Å². The molecule has 2 aliphatic rings. The Morgan fingerprint density at radius 3 is 2.29 bits per heavy atom. The summed E-state index contributed by atoms with van der Waals surface area (Å²) in [6.45, 7) is 7.45. The molecule has 1 aromatic carbocycles. The smallest absolute Gasteiger partial charge is 0.338 e. The van der Waals surface area contributed by atoms with Crippen molar-refractivity contribution in [2.45, 2.75) is 76.8 Å². The van der Waals surface area contributed by atoms with Crippen LogP contribution in [0.25, 0.3) is 0 Å². The molecule has 0 saturated heterocycles. The lowest BCUT2D eigenvalue weighted by Gasteiger charge is -2.43. The summed E-state index contributed by atoms with van der Waals surface area (Å²) < 4.78 is 5.85. The first-order valence-electron chi connectivity index (χ1n) is 10.0. The van der Waals surface area contributed by atoms with Crippen molar-refractivity contribution in [2.24, 2.45) is 17.3 Å². The third-order valence-electron chi connectivity index (χ3n) is 7.11. The van der Waals surface area contributed by atoms with Gasteiger partial charge in [-0.2, -0.15) is 0 Å². The molecule has 6 nitrogen and oxygen atoms in total. The number of fused-ring (bicyclic) bond motifs is 1. The summed E-state index contributed by atoms with van der Waals surface area (Å²) in [6.07, 6.45) is -0.0683. The Hall–Kier alpha value is -1.63. The minimum Gasteiger partial charge on any atom is -0.508 e. The highest BCUT2D eigenvalue weighted by Gasteiger charge is 2.62. The van der Waals surface area contributed by atoms with Crippen molar-refractivity contribution in [3.63, 3.8) is 0 Å². The fraction of sp³-hybridized carbons (Fsp3) is 0.682. The minimum absolute atomic E-state index is 0.0489. The van der Waals surface area contributed by atoms with Crippen LogP contribution < -0.4 is 0 Å². The van der Waals surface area contributed by atoms with Gasteiger partial charge in [-0.3, -0.25) is 0 Å². The van der Waals surface area contributed by atoms with Crippen molar-refractivity contribution in [1.29, 1.82) is 0 Å². The summed E-state index contributed by atoms with van der Waals surface area (Å²) in [7, 11) is 0. The van der Waals surface area contributed by atoms with Gasteiger partial charge >= 0.3 is 5.97 Å². The molecule has 0 radical (unpaired) electrons. The maximum Gasteiger partial charge on any atom is 0.338 e. The quantitative estimate of drug-likeness (QED) is 0.589. The highest BCUT2D eigenvalue weighted by Crippen LogP contribution is 2.59. The number of carbonyl (C=O) groups is 1. The number of hydrogen-bond donors (Lipinski definition) is 4. The number of carbonyl (C=O) groups excluding carboxylic acids is 1. The van der Waals surface area contributed by atoms with Gasteiger partial charge in [0, 0.05) is 12.3 Å². The molecule has 2 fully saturated rings. The molecule has 0 amide bonds. The van der Waals surface area contributed by atoms with E-state index in [1.165, 1.54) is 24.3 Å². The van der Waals surface area contributed by atoms with Crippen LogP contribution in [-0.2, 0) is 4.74 Å². The lowest BCUT2D eigenvalue weighted by atomic mass is 9.67. The summed E-state index contributed by atoms with van der Waals surface area (Å²) >= 11 is 0. The third-order valence-corrected chi connectivity index (χ3v) is 7.11. The fourth-order valence-electron chi connectivity index (χ4n) is 5.28. The van der Waals surface area contributed by atoms with Crippen LogP contribution in [0, 0.1) is 17.3 Å². The number of phenols is 1. The Kier molecular flexibility index (Phi) is 5.28. The molecule has 28 heavy (non-hydrogen) atoms. The van der Waals surface area contributed by atoms with Crippen LogP contribution >= 0.6 is 0 Å². The van der Waals surface area contributed by atoms with E-state index in [2.05, 4.69) is 0 Å². The van der Waals surface area contributed by atoms with Crippen LogP contribution in [0.3, 0.4) is 0 Å². The molecule has 0 spiro atoms. The van der Waals surface area contributed by atoms with Gasteiger partial charge < -0.3 is 25.2 Å². The van der Waals surface area contributed by atoms with Crippen molar-refractivity contribution in [3.05, 3.63) is 29.8 Å². The van der Waals surface area contributed by atoms with E-state index >= 15 is 0 Å². The molecule has 156 valence electrons. The summed E-state index contributed by atoms with van der Waals surface area (Å²) in [5.41, 5.74) is -2.64. The highest BCUT2D eigenvalue weighted by molar-refractivity contribution is 5.89. The first-order chi connectivity index (χ1) is 12.9. The third kappa shape index (κ3) is 3.53. The van der Waals surface area contributed by atoms with E-state index in [4.69, 9.17) is 4.74 Å². The number of esters is 1. The van der Waals surface area contributed by atoms with E-state index in [1.807, 2.05) is 20.8 Å². The highest BCUT2D eigenvalue weighted by atomic mass is 16.5. The first-order valence-corrected chi connectivity index (χ1v) is 10.0. The average molecular weight is 392 g/mol. The zero-order valence-electron chi connectivity index (χ0n) is 17.1. The zero-order valence-corrected chi connectivity index (χ0v) is 17.1. The van der Waals surface area contributed by atoms with Gasteiger partial charge in [0.25, 0.3) is 0 Å². The molecule has 1 aromatic rings. The molecule has 4 N–H and O–H groups in total. The lowest BCUT2D eigenvalue weighted by Crippen LogP contribution is -2.51. The molecular weight excluding hydrogens is 360 g/mol.